The fourth-order valence-corrected chi connectivity index (χ4v) is 5.24. The van der Waals surface area contributed by atoms with Gasteiger partial charge in [-0.15, -0.1) is 0 Å². The zero-order valence-electron chi connectivity index (χ0n) is 16.4. The van der Waals surface area contributed by atoms with E-state index in [1.165, 1.54) is 29.9 Å². The number of imide groups is 1. The Balaban J connectivity index is 1.65. The molecule has 4 rings (SSSR count). The molecule has 2 saturated heterocycles. The number of carbonyl (C=O) groups is 2. The molecule has 3 amide bonds. The van der Waals surface area contributed by atoms with Gasteiger partial charge in [0.05, 0.1) is 0 Å². The van der Waals surface area contributed by atoms with Gasteiger partial charge in [-0.05, 0) is 62.4 Å². The first-order valence-electron chi connectivity index (χ1n) is 10.7. The van der Waals surface area contributed by atoms with E-state index in [1.807, 2.05) is 0 Å². The number of piperidine rings is 1. The van der Waals surface area contributed by atoms with Gasteiger partial charge in [0.15, 0.2) is 0 Å². The third-order valence-electron chi connectivity index (χ3n) is 6.77. The molecule has 3 fully saturated rings. The summed E-state index contributed by atoms with van der Waals surface area (Å²) in [7, 11) is 0. The van der Waals surface area contributed by atoms with Crippen LogP contribution in [0.25, 0.3) is 0 Å². The molecule has 5 nitrogen and oxygen atoms in total. The molecule has 1 aromatic carbocycles. The zero-order chi connectivity index (χ0) is 19.6. The predicted molar refractivity (Wildman–Crippen MR) is 105 cm³/mol. The first-order valence-corrected chi connectivity index (χ1v) is 10.7. The third kappa shape index (κ3) is 3.66. The number of nitrogens with zero attached hydrogens (tertiary/aromatic N) is 1. The minimum atomic E-state index is -0.913. The van der Waals surface area contributed by atoms with Crippen molar-refractivity contribution >= 4 is 11.9 Å². The molecule has 0 unspecified atom stereocenters. The Morgan fingerprint density at radius 3 is 2.25 bits per heavy atom. The van der Waals surface area contributed by atoms with Crippen molar-refractivity contribution < 1.29 is 14.0 Å². The fraction of sp³-hybridized carbons (Fsp3) is 0.636. The normalized spacial score (nSPS) is 27.7. The first-order chi connectivity index (χ1) is 13.6. The van der Waals surface area contributed by atoms with Gasteiger partial charge in [-0.1, -0.05) is 37.8 Å². The van der Waals surface area contributed by atoms with Crippen LogP contribution >= 0.6 is 0 Å². The van der Waals surface area contributed by atoms with Gasteiger partial charge < -0.3 is 10.6 Å². The lowest BCUT2D eigenvalue weighted by Gasteiger charge is -2.38. The molecular formula is C22H30FN3O2. The lowest BCUT2D eigenvalue weighted by molar-refractivity contribution is -0.135. The zero-order valence-corrected chi connectivity index (χ0v) is 16.4. The number of rotatable bonds is 4. The van der Waals surface area contributed by atoms with Crippen LogP contribution in [0.1, 0.15) is 56.9 Å². The molecule has 2 aliphatic heterocycles. The van der Waals surface area contributed by atoms with E-state index in [0.29, 0.717) is 6.42 Å². The number of carbonyl (C=O) groups excluding carboxylic acids is 2. The summed E-state index contributed by atoms with van der Waals surface area (Å²) in [4.78, 5) is 28.3. The molecule has 0 bridgehead atoms. The standard InChI is InChI=1S/C22H30FN3O2/c23-18-9-7-16(8-10-18)15-22(17-11-13-24-14-12-17)20(27)26(21(28)25-22)19-5-3-1-2-4-6-19/h7-10,17,19,24H,1-6,11-15H2,(H,25,28)/t22-/m1/s1. The number of hydrogen-bond donors (Lipinski definition) is 2. The number of benzene rings is 1. The molecule has 28 heavy (non-hydrogen) atoms. The summed E-state index contributed by atoms with van der Waals surface area (Å²) < 4.78 is 13.4. The van der Waals surface area contributed by atoms with Crippen LogP contribution in [-0.4, -0.2) is 41.5 Å². The summed E-state index contributed by atoms with van der Waals surface area (Å²) in [6, 6.07) is 6.08. The summed E-state index contributed by atoms with van der Waals surface area (Å²) in [6.07, 6.45) is 8.42. The molecule has 0 aromatic heterocycles. The number of halogens is 1. The number of hydrogen-bond acceptors (Lipinski definition) is 3. The average Bonchev–Trinajstić information content (AvgIpc) is 2.88. The molecule has 1 aromatic rings. The summed E-state index contributed by atoms with van der Waals surface area (Å²) in [5.74, 6) is -0.270. The van der Waals surface area contributed by atoms with Crippen LogP contribution in [-0.2, 0) is 11.2 Å². The second kappa shape index (κ2) is 8.19. The lowest BCUT2D eigenvalue weighted by Crippen LogP contribution is -2.57. The van der Waals surface area contributed by atoms with Crippen molar-refractivity contribution in [2.75, 3.05) is 13.1 Å². The highest BCUT2D eigenvalue weighted by molar-refractivity contribution is 6.07. The van der Waals surface area contributed by atoms with Gasteiger partial charge in [0.2, 0.25) is 0 Å². The van der Waals surface area contributed by atoms with Crippen molar-refractivity contribution in [3.05, 3.63) is 35.6 Å². The maximum absolute atomic E-state index is 13.8. The number of nitrogens with one attached hydrogen (secondary N) is 2. The van der Waals surface area contributed by atoms with Crippen LogP contribution in [0.15, 0.2) is 24.3 Å². The third-order valence-corrected chi connectivity index (χ3v) is 6.77. The van der Waals surface area contributed by atoms with E-state index in [2.05, 4.69) is 10.6 Å². The Morgan fingerprint density at radius 1 is 0.964 bits per heavy atom. The van der Waals surface area contributed by atoms with E-state index >= 15 is 0 Å². The molecule has 1 atom stereocenters. The minimum absolute atomic E-state index is 0.00630. The van der Waals surface area contributed by atoms with Crippen molar-refractivity contribution in [1.29, 1.82) is 0 Å². The Hall–Kier alpha value is -1.95. The van der Waals surface area contributed by atoms with E-state index < -0.39 is 5.54 Å². The maximum atomic E-state index is 13.8. The first kappa shape index (κ1) is 19.4. The molecule has 2 heterocycles. The molecule has 3 aliphatic rings. The van der Waals surface area contributed by atoms with Crippen LogP contribution in [0.2, 0.25) is 0 Å². The van der Waals surface area contributed by atoms with Crippen molar-refractivity contribution in [3.8, 4) is 0 Å². The molecule has 0 spiro atoms. The molecule has 1 saturated carbocycles. The van der Waals surface area contributed by atoms with Gasteiger partial charge in [0, 0.05) is 12.5 Å². The second-order valence-electron chi connectivity index (χ2n) is 8.55. The Kier molecular flexibility index (Phi) is 5.67. The predicted octanol–water partition coefficient (Wildman–Crippen LogP) is 3.38. The summed E-state index contributed by atoms with van der Waals surface area (Å²) in [6.45, 7) is 1.70. The van der Waals surface area contributed by atoms with Crippen LogP contribution < -0.4 is 10.6 Å². The van der Waals surface area contributed by atoms with Gasteiger partial charge >= 0.3 is 6.03 Å². The number of urea groups is 1. The summed E-state index contributed by atoms with van der Waals surface area (Å²) in [5.41, 5.74) is -0.0279. The van der Waals surface area contributed by atoms with Crippen LogP contribution in [0.5, 0.6) is 0 Å². The van der Waals surface area contributed by atoms with Gasteiger partial charge in [-0.2, -0.15) is 0 Å². The molecule has 6 heteroatoms. The van der Waals surface area contributed by atoms with Gasteiger partial charge in [0.1, 0.15) is 11.4 Å². The molecular weight excluding hydrogens is 357 g/mol. The van der Waals surface area contributed by atoms with Crippen molar-refractivity contribution in [2.24, 2.45) is 5.92 Å². The fourth-order valence-electron chi connectivity index (χ4n) is 5.24. The largest absolute Gasteiger partial charge is 0.325 e. The Labute approximate surface area is 166 Å². The molecule has 1 aliphatic carbocycles. The lowest BCUT2D eigenvalue weighted by atomic mass is 9.74. The summed E-state index contributed by atoms with van der Waals surface area (Å²) >= 11 is 0. The van der Waals surface area contributed by atoms with Crippen molar-refractivity contribution in [2.45, 2.75) is 69.4 Å². The topological polar surface area (TPSA) is 61.4 Å². The highest BCUT2D eigenvalue weighted by Crippen LogP contribution is 2.37. The van der Waals surface area contributed by atoms with Crippen LogP contribution in [0, 0.1) is 11.7 Å². The van der Waals surface area contributed by atoms with Crippen LogP contribution in [0.4, 0.5) is 9.18 Å². The van der Waals surface area contributed by atoms with Crippen LogP contribution in [0.3, 0.4) is 0 Å². The smallest absolute Gasteiger partial charge is 0.322 e. The minimum Gasteiger partial charge on any atom is -0.322 e. The van der Waals surface area contributed by atoms with E-state index in [0.717, 1.165) is 57.2 Å². The molecule has 152 valence electrons. The van der Waals surface area contributed by atoms with Gasteiger partial charge in [-0.3, -0.25) is 9.69 Å². The van der Waals surface area contributed by atoms with Crippen molar-refractivity contribution in [1.82, 2.24) is 15.5 Å². The van der Waals surface area contributed by atoms with Gasteiger partial charge in [0.25, 0.3) is 5.91 Å². The SMILES string of the molecule is O=C1N[C@](Cc2ccc(F)cc2)(C2CCNCC2)C(=O)N1C1CCCCCC1. The van der Waals surface area contributed by atoms with Gasteiger partial charge in [-0.25, -0.2) is 9.18 Å². The quantitative estimate of drug-likeness (QED) is 0.615. The highest BCUT2D eigenvalue weighted by Gasteiger charge is 2.56. The monoisotopic (exact) mass is 387 g/mol. The summed E-state index contributed by atoms with van der Waals surface area (Å²) in [5, 5.41) is 6.48. The van der Waals surface area contributed by atoms with E-state index in [4.69, 9.17) is 0 Å². The second-order valence-corrected chi connectivity index (χ2v) is 8.55. The molecule has 2 N–H and O–H groups in total. The Morgan fingerprint density at radius 2 is 1.61 bits per heavy atom. The number of amides is 3. The highest BCUT2D eigenvalue weighted by atomic mass is 19.1. The van der Waals surface area contributed by atoms with E-state index in [1.54, 1.807) is 12.1 Å². The average molecular weight is 387 g/mol. The van der Waals surface area contributed by atoms with E-state index in [9.17, 15) is 14.0 Å². The molecule has 0 radical (unpaired) electrons. The van der Waals surface area contributed by atoms with Crippen molar-refractivity contribution in [3.63, 3.8) is 0 Å². The Bertz CT molecular complexity index is 709. The van der Waals surface area contributed by atoms with E-state index in [-0.39, 0.29) is 29.7 Å². The maximum Gasteiger partial charge on any atom is 0.325 e.